The molecular formula is C12H15BrFNO3S. The Hall–Kier alpha value is -0.760. The van der Waals surface area contributed by atoms with Crippen LogP contribution in [0.1, 0.15) is 6.42 Å². The van der Waals surface area contributed by atoms with Gasteiger partial charge >= 0.3 is 0 Å². The van der Waals surface area contributed by atoms with Gasteiger partial charge in [-0.3, -0.25) is 0 Å². The number of benzene rings is 1. The molecule has 0 spiro atoms. The van der Waals surface area contributed by atoms with Gasteiger partial charge < -0.3 is 4.74 Å². The first-order valence-electron chi connectivity index (χ1n) is 5.60. The van der Waals surface area contributed by atoms with Crippen molar-refractivity contribution >= 4 is 26.0 Å². The molecule has 0 fully saturated rings. The highest BCUT2D eigenvalue weighted by atomic mass is 79.9. The summed E-state index contributed by atoms with van der Waals surface area (Å²) in [5.41, 5.74) is 0. The highest BCUT2D eigenvalue weighted by Crippen LogP contribution is 2.22. The smallest absolute Gasteiger partial charge is 0.241 e. The lowest BCUT2D eigenvalue weighted by atomic mass is 10.3. The Morgan fingerprint density at radius 2 is 2.16 bits per heavy atom. The van der Waals surface area contributed by atoms with Gasteiger partial charge in [0.25, 0.3) is 0 Å². The molecule has 0 radical (unpaired) electrons. The van der Waals surface area contributed by atoms with Crippen LogP contribution in [0.25, 0.3) is 0 Å². The van der Waals surface area contributed by atoms with Gasteiger partial charge in [0, 0.05) is 11.0 Å². The van der Waals surface area contributed by atoms with Crippen LogP contribution in [0.5, 0.6) is 0 Å². The highest BCUT2D eigenvalue weighted by Gasteiger charge is 2.17. The van der Waals surface area contributed by atoms with Crippen LogP contribution >= 0.6 is 15.9 Å². The van der Waals surface area contributed by atoms with Crippen molar-refractivity contribution in [2.75, 3.05) is 19.8 Å². The average Bonchev–Trinajstić information content (AvgIpc) is 2.33. The third kappa shape index (κ3) is 5.40. The van der Waals surface area contributed by atoms with Crippen molar-refractivity contribution in [3.8, 4) is 0 Å². The Morgan fingerprint density at radius 3 is 2.79 bits per heavy atom. The molecule has 1 rings (SSSR count). The summed E-state index contributed by atoms with van der Waals surface area (Å²) in [6.45, 7) is 4.48. The van der Waals surface area contributed by atoms with E-state index in [1.165, 1.54) is 6.07 Å². The molecule has 1 N–H and O–H groups in total. The third-order valence-electron chi connectivity index (χ3n) is 2.19. The van der Waals surface area contributed by atoms with Crippen LogP contribution in [0, 0.1) is 5.82 Å². The SMILES string of the molecule is C=CCCOCCNS(=O)(=O)c1ccc(F)cc1Br. The van der Waals surface area contributed by atoms with E-state index in [0.29, 0.717) is 6.61 Å². The predicted octanol–water partition coefficient (Wildman–Crippen LogP) is 2.46. The molecule has 7 heteroatoms. The standard InChI is InChI=1S/C12H15BrFNO3S/c1-2-3-7-18-8-6-15-19(16,17)12-5-4-10(14)9-11(12)13/h2,4-5,9,15H,1,3,6-8H2. The van der Waals surface area contributed by atoms with Gasteiger partial charge in [-0.1, -0.05) is 6.08 Å². The van der Waals surface area contributed by atoms with Gasteiger partial charge in [-0.15, -0.1) is 6.58 Å². The minimum atomic E-state index is -3.66. The van der Waals surface area contributed by atoms with Gasteiger partial charge in [-0.05, 0) is 40.5 Å². The van der Waals surface area contributed by atoms with Crippen molar-refractivity contribution in [3.05, 3.63) is 41.1 Å². The summed E-state index contributed by atoms with van der Waals surface area (Å²) in [6.07, 6.45) is 2.44. The molecule has 0 aliphatic heterocycles. The van der Waals surface area contributed by atoms with Crippen molar-refractivity contribution in [2.45, 2.75) is 11.3 Å². The second-order valence-corrected chi connectivity index (χ2v) is 6.25. The second kappa shape index (κ2) is 7.74. The van der Waals surface area contributed by atoms with Gasteiger partial charge in [0.15, 0.2) is 0 Å². The molecule has 0 atom stereocenters. The molecule has 0 heterocycles. The molecule has 0 saturated heterocycles. The normalized spacial score (nSPS) is 11.5. The second-order valence-electron chi connectivity index (χ2n) is 3.66. The average molecular weight is 352 g/mol. The van der Waals surface area contributed by atoms with Crippen molar-refractivity contribution < 1.29 is 17.5 Å². The van der Waals surface area contributed by atoms with Gasteiger partial charge in [0.1, 0.15) is 5.82 Å². The van der Waals surface area contributed by atoms with Crippen LogP contribution < -0.4 is 4.72 Å². The minimum absolute atomic E-state index is 0.00000785. The Bertz CT molecular complexity index is 534. The number of hydrogen-bond donors (Lipinski definition) is 1. The van der Waals surface area contributed by atoms with E-state index in [4.69, 9.17) is 4.74 Å². The maximum absolute atomic E-state index is 12.9. The first-order valence-corrected chi connectivity index (χ1v) is 7.88. The number of sulfonamides is 1. The van der Waals surface area contributed by atoms with E-state index in [9.17, 15) is 12.8 Å². The van der Waals surface area contributed by atoms with Gasteiger partial charge in [0.05, 0.1) is 18.1 Å². The molecule has 19 heavy (non-hydrogen) atoms. The maximum Gasteiger partial charge on any atom is 0.241 e. The van der Waals surface area contributed by atoms with Gasteiger partial charge in [-0.2, -0.15) is 0 Å². The van der Waals surface area contributed by atoms with E-state index < -0.39 is 15.8 Å². The van der Waals surface area contributed by atoms with Crippen LogP contribution in [0.4, 0.5) is 4.39 Å². The number of halogens is 2. The summed E-state index contributed by atoms with van der Waals surface area (Å²) >= 11 is 3.02. The van der Waals surface area contributed by atoms with E-state index in [1.54, 1.807) is 6.08 Å². The first kappa shape index (κ1) is 16.3. The van der Waals surface area contributed by atoms with E-state index in [1.807, 2.05) is 0 Å². The molecule has 106 valence electrons. The summed E-state index contributed by atoms with van der Waals surface area (Å²) in [6, 6.07) is 3.41. The predicted molar refractivity (Wildman–Crippen MR) is 74.9 cm³/mol. The Morgan fingerprint density at radius 1 is 1.42 bits per heavy atom. The molecule has 0 aromatic heterocycles. The zero-order valence-corrected chi connectivity index (χ0v) is 12.6. The van der Waals surface area contributed by atoms with Gasteiger partial charge in [0.2, 0.25) is 10.0 Å². The molecule has 0 bridgehead atoms. The fourth-order valence-corrected chi connectivity index (χ4v) is 3.35. The molecule has 0 amide bonds. The third-order valence-corrected chi connectivity index (χ3v) is 4.63. The molecular weight excluding hydrogens is 337 g/mol. The van der Waals surface area contributed by atoms with Crippen LogP contribution in [0.2, 0.25) is 0 Å². The monoisotopic (exact) mass is 351 g/mol. The van der Waals surface area contributed by atoms with Crippen molar-refractivity contribution in [3.63, 3.8) is 0 Å². The molecule has 4 nitrogen and oxygen atoms in total. The fraction of sp³-hybridized carbons (Fsp3) is 0.333. The van der Waals surface area contributed by atoms with Crippen LogP contribution in [-0.4, -0.2) is 28.2 Å². The summed E-state index contributed by atoms with van der Waals surface area (Å²) in [5, 5.41) is 0. The lowest BCUT2D eigenvalue weighted by Crippen LogP contribution is -2.27. The van der Waals surface area contributed by atoms with Crippen molar-refractivity contribution in [1.29, 1.82) is 0 Å². The van der Waals surface area contributed by atoms with E-state index in [2.05, 4.69) is 27.2 Å². The fourth-order valence-electron chi connectivity index (χ4n) is 1.29. The summed E-state index contributed by atoms with van der Waals surface area (Å²) in [7, 11) is -3.66. The Balaban J connectivity index is 2.54. The van der Waals surface area contributed by atoms with E-state index >= 15 is 0 Å². The Labute approximate surface area is 120 Å². The lowest BCUT2D eigenvalue weighted by Gasteiger charge is -2.08. The number of ether oxygens (including phenoxy) is 1. The number of rotatable bonds is 8. The first-order chi connectivity index (χ1) is 8.97. The summed E-state index contributed by atoms with van der Waals surface area (Å²) in [5.74, 6) is -0.501. The van der Waals surface area contributed by atoms with Crippen LogP contribution in [0.3, 0.4) is 0 Å². The van der Waals surface area contributed by atoms with Crippen LogP contribution in [0.15, 0.2) is 40.2 Å². The maximum atomic E-state index is 12.9. The molecule has 1 aromatic rings. The molecule has 0 aliphatic rings. The number of hydrogen-bond acceptors (Lipinski definition) is 3. The van der Waals surface area contributed by atoms with Crippen molar-refractivity contribution in [1.82, 2.24) is 4.72 Å². The molecule has 0 saturated carbocycles. The quantitative estimate of drug-likeness (QED) is 0.578. The topological polar surface area (TPSA) is 55.4 Å². The minimum Gasteiger partial charge on any atom is -0.380 e. The van der Waals surface area contributed by atoms with E-state index in [0.717, 1.165) is 18.6 Å². The van der Waals surface area contributed by atoms with Gasteiger partial charge in [-0.25, -0.2) is 17.5 Å². The molecule has 0 unspecified atom stereocenters. The zero-order chi connectivity index (χ0) is 14.3. The largest absolute Gasteiger partial charge is 0.380 e. The lowest BCUT2D eigenvalue weighted by molar-refractivity contribution is 0.144. The van der Waals surface area contributed by atoms with Crippen molar-refractivity contribution in [2.24, 2.45) is 0 Å². The molecule has 1 aromatic carbocycles. The Kier molecular flexibility index (Phi) is 6.64. The summed E-state index contributed by atoms with van der Waals surface area (Å²) < 4.78 is 44.5. The zero-order valence-electron chi connectivity index (χ0n) is 10.2. The van der Waals surface area contributed by atoms with Crippen LogP contribution in [-0.2, 0) is 14.8 Å². The van der Waals surface area contributed by atoms with E-state index in [-0.39, 0.29) is 22.5 Å². The number of nitrogens with one attached hydrogen (secondary N) is 1. The highest BCUT2D eigenvalue weighted by molar-refractivity contribution is 9.10. The molecule has 0 aliphatic carbocycles. The summed E-state index contributed by atoms with van der Waals surface area (Å²) in [4.78, 5) is -0.00000785.